The fourth-order valence-corrected chi connectivity index (χ4v) is 4.12. The van der Waals surface area contributed by atoms with E-state index in [1.807, 2.05) is 0 Å². The lowest BCUT2D eigenvalue weighted by molar-refractivity contribution is 0.284. The van der Waals surface area contributed by atoms with Crippen LogP contribution in [0.5, 0.6) is 0 Å². The zero-order valence-corrected chi connectivity index (χ0v) is 12.7. The van der Waals surface area contributed by atoms with Crippen LogP contribution in [0.1, 0.15) is 61.9 Å². The summed E-state index contributed by atoms with van der Waals surface area (Å²) in [5.41, 5.74) is 1.18. The van der Waals surface area contributed by atoms with Crippen molar-refractivity contribution in [1.82, 2.24) is 4.98 Å². The van der Waals surface area contributed by atoms with Gasteiger partial charge in [0.05, 0.1) is 17.2 Å². The Bertz CT molecular complexity index is 433. The van der Waals surface area contributed by atoms with E-state index in [0.29, 0.717) is 12.0 Å². The molecule has 1 aromatic heterocycles. The Morgan fingerprint density at radius 2 is 1.89 bits per heavy atom. The van der Waals surface area contributed by atoms with Crippen LogP contribution in [0.3, 0.4) is 0 Å². The van der Waals surface area contributed by atoms with Crippen LogP contribution in [0.25, 0.3) is 0 Å². The van der Waals surface area contributed by atoms with E-state index in [9.17, 15) is 5.11 Å². The van der Waals surface area contributed by atoms with Crippen LogP contribution in [0.2, 0.25) is 0 Å². The van der Waals surface area contributed by atoms with Gasteiger partial charge in [0.2, 0.25) is 0 Å². The average Bonchev–Trinajstić information content (AvgIpc) is 3.18. The molecule has 2 fully saturated rings. The first-order valence-corrected chi connectivity index (χ1v) is 8.34. The van der Waals surface area contributed by atoms with Gasteiger partial charge in [0, 0.05) is 19.0 Å². The van der Waals surface area contributed by atoms with Crippen molar-refractivity contribution in [3.05, 3.63) is 10.6 Å². The maximum Gasteiger partial charge on any atom is 0.185 e. The molecule has 2 aliphatic rings. The van der Waals surface area contributed by atoms with Crippen molar-refractivity contribution < 1.29 is 5.11 Å². The fraction of sp³-hybridized carbons (Fsp3) is 0.800. The predicted octanol–water partition coefficient (Wildman–Crippen LogP) is 3.53. The molecule has 0 unspecified atom stereocenters. The summed E-state index contributed by atoms with van der Waals surface area (Å²) in [6.45, 7) is 2.51. The first-order chi connectivity index (χ1) is 9.19. The zero-order chi connectivity index (χ0) is 13.4. The van der Waals surface area contributed by atoms with E-state index in [1.54, 1.807) is 11.3 Å². The molecule has 2 saturated carbocycles. The highest BCUT2D eigenvalue weighted by atomic mass is 32.1. The van der Waals surface area contributed by atoms with E-state index in [4.69, 9.17) is 4.98 Å². The third kappa shape index (κ3) is 2.79. The van der Waals surface area contributed by atoms with E-state index in [2.05, 4.69) is 18.9 Å². The standard InChI is InChI=1S/C15H24N2OS/c1-10-3-7-12(8-4-10)17(2)15-16-14(11-5-6-11)13(9-18)19-15/h10-12,18H,3-9H2,1-2H3. The van der Waals surface area contributed by atoms with Crippen LogP contribution in [0, 0.1) is 5.92 Å². The van der Waals surface area contributed by atoms with Gasteiger partial charge in [-0.05, 0) is 44.4 Å². The third-order valence-electron chi connectivity index (χ3n) is 4.66. The van der Waals surface area contributed by atoms with Gasteiger partial charge in [-0.3, -0.25) is 0 Å². The van der Waals surface area contributed by atoms with Crippen molar-refractivity contribution in [2.75, 3.05) is 11.9 Å². The summed E-state index contributed by atoms with van der Waals surface area (Å²) in [6, 6.07) is 0.640. The van der Waals surface area contributed by atoms with E-state index >= 15 is 0 Å². The minimum Gasteiger partial charge on any atom is -0.391 e. The lowest BCUT2D eigenvalue weighted by Crippen LogP contribution is -2.34. The quantitative estimate of drug-likeness (QED) is 0.916. The second-order valence-corrected chi connectivity index (χ2v) is 7.32. The van der Waals surface area contributed by atoms with Crippen LogP contribution < -0.4 is 4.90 Å². The van der Waals surface area contributed by atoms with Gasteiger partial charge < -0.3 is 10.0 Å². The van der Waals surface area contributed by atoms with Gasteiger partial charge >= 0.3 is 0 Å². The fourth-order valence-electron chi connectivity index (χ4n) is 3.08. The number of anilines is 1. The van der Waals surface area contributed by atoms with Gasteiger partial charge in [0.25, 0.3) is 0 Å². The van der Waals surface area contributed by atoms with Crippen molar-refractivity contribution >= 4 is 16.5 Å². The van der Waals surface area contributed by atoms with Gasteiger partial charge in [-0.15, -0.1) is 0 Å². The number of aromatic nitrogens is 1. The molecular weight excluding hydrogens is 256 g/mol. The molecular formula is C15H24N2OS. The molecule has 3 nitrogen and oxygen atoms in total. The molecule has 0 saturated heterocycles. The molecule has 0 bridgehead atoms. The molecule has 0 radical (unpaired) electrons. The van der Waals surface area contributed by atoms with Crippen LogP contribution in [-0.4, -0.2) is 23.2 Å². The Labute approximate surface area is 119 Å². The highest BCUT2D eigenvalue weighted by Gasteiger charge is 2.31. The number of rotatable bonds is 4. The number of hydrogen-bond acceptors (Lipinski definition) is 4. The monoisotopic (exact) mass is 280 g/mol. The first kappa shape index (κ1) is 13.4. The Morgan fingerprint density at radius 3 is 2.47 bits per heavy atom. The molecule has 0 aliphatic heterocycles. The molecule has 1 heterocycles. The lowest BCUT2D eigenvalue weighted by Gasteiger charge is -2.33. The molecule has 106 valence electrons. The number of nitrogens with zero attached hydrogens (tertiary/aromatic N) is 2. The smallest absolute Gasteiger partial charge is 0.185 e. The van der Waals surface area contributed by atoms with Crippen molar-refractivity contribution in [3.8, 4) is 0 Å². The molecule has 19 heavy (non-hydrogen) atoms. The number of aliphatic hydroxyl groups is 1. The van der Waals surface area contributed by atoms with Crippen molar-refractivity contribution in [1.29, 1.82) is 0 Å². The van der Waals surface area contributed by atoms with Crippen LogP contribution in [0.15, 0.2) is 0 Å². The summed E-state index contributed by atoms with van der Waals surface area (Å²) in [7, 11) is 2.18. The maximum atomic E-state index is 9.49. The predicted molar refractivity (Wildman–Crippen MR) is 79.8 cm³/mol. The van der Waals surface area contributed by atoms with E-state index in [1.165, 1.54) is 44.2 Å². The van der Waals surface area contributed by atoms with E-state index in [0.717, 1.165) is 15.9 Å². The zero-order valence-electron chi connectivity index (χ0n) is 11.9. The van der Waals surface area contributed by atoms with E-state index in [-0.39, 0.29) is 6.61 Å². The van der Waals surface area contributed by atoms with Crippen LogP contribution in [-0.2, 0) is 6.61 Å². The SMILES string of the molecule is CC1CCC(N(C)c2nc(C3CC3)c(CO)s2)CC1. The first-order valence-electron chi connectivity index (χ1n) is 7.52. The second-order valence-electron chi connectivity index (χ2n) is 6.26. The highest BCUT2D eigenvalue weighted by molar-refractivity contribution is 7.15. The van der Waals surface area contributed by atoms with Gasteiger partial charge in [-0.1, -0.05) is 18.3 Å². The second kappa shape index (κ2) is 5.41. The van der Waals surface area contributed by atoms with Gasteiger partial charge in [-0.2, -0.15) is 0 Å². The van der Waals surface area contributed by atoms with Gasteiger partial charge in [0.15, 0.2) is 5.13 Å². The van der Waals surface area contributed by atoms with Crippen LogP contribution >= 0.6 is 11.3 Å². The Balaban J connectivity index is 1.73. The van der Waals surface area contributed by atoms with Crippen molar-refractivity contribution in [2.45, 2.75) is 64.0 Å². The highest BCUT2D eigenvalue weighted by Crippen LogP contribution is 2.44. The largest absolute Gasteiger partial charge is 0.391 e. The minimum atomic E-state index is 0.152. The van der Waals surface area contributed by atoms with E-state index < -0.39 is 0 Å². The average molecular weight is 280 g/mol. The Hall–Kier alpha value is -0.610. The summed E-state index contributed by atoms with van der Waals surface area (Å²) < 4.78 is 0. The molecule has 0 atom stereocenters. The lowest BCUT2D eigenvalue weighted by atomic mass is 9.87. The normalized spacial score (nSPS) is 27.5. The Kier molecular flexibility index (Phi) is 3.81. The Morgan fingerprint density at radius 1 is 1.21 bits per heavy atom. The summed E-state index contributed by atoms with van der Waals surface area (Å²) in [5, 5.41) is 10.6. The molecule has 1 aromatic rings. The molecule has 0 spiro atoms. The summed E-state index contributed by atoms with van der Waals surface area (Å²) >= 11 is 1.70. The number of hydrogen-bond donors (Lipinski definition) is 1. The topological polar surface area (TPSA) is 36.4 Å². The van der Waals surface area contributed by atoms with Gasteiger partial charge in [0.1, 0.15) is 0 Å². The molecule has 2 aliphatic carbocycles. The summed E-state index contributed by atoms with van der Waals surface area (Å²) in [6.07, 6.45) is 7.74. The van der Waals surface area contributed by atoms with Crippen molar-refractivity contribution in [3.63, 3.8) is 0 Å². The summed E-state index contributed by atoms with van der Waals surface area (Å²) in [5.74, 6) is 1.52. The van der Waals surface area contributed by atoms with Crippen LogP contribution in [0.4, 0.5) is 5.13 Å². The molecule has 0 aromatic carbocycles. The number of thiazole rings is 1. The maximum absolute atomic E-state index is 9.49. The third-order valence-corrected chi connectivity index (χ3v) is 5.81. The van der Waals surface area contributed by atoms with Gasteiger partial charge in [-0.25, -0.2) is 4.98 Å². The molecule has 0 amide bonds. The molecule has 1 N–H and O–H groups in total. The van der Waals surface area contributed by atoms with Crippen molar-refractivity contribution in [2.24, 2.45) is 5.92 Å². The minimum absolute atomic E-state index is 0.152. The molecule has 3 rings (SSSR count). The summed E-state index contributed by atoms with van der Waals surface area (Å²) in [4.78, 5) is 8.28. The number of aliphatic hydroxyl groups excluding tert-OH is 1. The molecule has 4 heteroatoms.